The molecule has 2 aromatic carbocycles. The number of benzene rings is 2. The van der Waals surface area contributed by atoms with Crippen molar-refractivity contribution in [2.24, 2.45) is 0 Å². The molecule has 2 aromatic rings. The Morgan fingerprint density at radius 3 is 2.46 bits per heavy atom. The number of ether oxygens (including phenoxy) is 1. The van der Waals surface area contributed by atoms with E-state index in [1.165, 1.54) is 25.1 Å². The molecule has 0 saturated heterocycles. The van der Waals surface area contributed by atoms with E-state index in [0.29, 0.717) is 11.1 Å². The number of amides is 1. The first kappa shape index (κ1) is 19.9. The molecule has 2 rings (SSSR count). The van der Waals surface area contributed by atoms with E-state index in [0.717, 1.165) is 5.56 Å². The Balaban J connectivity index is 1.84. The van der Waals surface area contributed by atoms with Gasteiger partial charge in [0.25, 0.3) is 0 Å². The van der Waals surface area contributed by atoms with Crippen molar-refractivity contribution in [1.29, 1.82) is 0 Å². The van der Waals surface area contributed by atoms with Crippen LogP contribution < -0.4 is 5.32 Å². The summed E-state index contributed by atoms with van der Waals surface area (Å²) in [6.07, 6.45) is -3.24. The van der Waals surface area contributed by atoms with Gasteiger partial charge < -0.3 is 20.3 Å². The third-order valence-electron chi connectivity index (χ3n) is 3.75. The van der Waals surface area contributed by atoms with E-state index in [1.54, 1.807) is 0 Å². The number of carbonyl (C=O) groups is 2. The Morgan fingerprint density at radius 1 is 1.15 bits per heavy atom. The van der Waals surface area contributed by atoms with E-state index >= 15 is 0 Å². The molecule has 0 aromatic heterocycles. The molecule has 138 valence electrons. The second-order valence-electron chi connectivity index (χ2n) is 5.75. The Hall–Kier alpha value is -2.41. The van der Waals surface area contributed by atoms with Crippen LogP contribution in [-0.4, -0.2) is 34.7 Å². The number of ketones is 1. The summed E-state index contributed by atoms with van der Waals surface area (Å²) in [4.78, 5) is 23.0. The van der Waals surface area contributed by atoms with Crippen LogP contribution in [-0.2, 0) is 11.3 Å². The summed E-state index contributed by atoms with van der Waals surface area (Å²) in [5.41, 5.74) is 1.51. The molecule has 0 heterocycles. The lowest BCUT2D eigenvalue weighted by Crippen LogP contribution is -2.35. The number of carbonyl (C=O) groups excluding carboxylic acids is 2. The smallest absolute Gasteiger partial charge is 0.407 e. The van der Waals surface area contributed by atoms with Crippen molar-refractivity contribution < 1.29 is 24.5 Å². The van der Waals surface area contributed by atoms with Crippen molar-refractivity contribution in [3.63, 3.8) is 0 Å². The van der Waals surface area contributed by atoms with E-state index in [1.807, 2.05) is 30.3 Å². The van der Waals surface area contributed by atoms with Gasteiger partial charge in [-0.25, -0.2) is 4.79 Å². The fraction of sp³-hybridized carbons (Fsp3) is 0.263. The van der Waals surface area contributed by atoms with E-state index in [4.69, 9.17) is 16.3 Å². The highest BCUT2D eigenvalue weighted by Gasteiger charge is 2.20. The second kappa shape index (κ2) is 9.33. The van der Waals surface area contributed by atoms with E-state index in [2.05, 4.69) is 5.32 Å². The van der Waals surface area contributed by atoms with E-state index < -0.39 is 18.3 Å². The molecule has 2 unspecified atom stereocenters. The van der Waals surface area contributed by atoms with Gasteiger partial charge in [-0.3, -0.25) is 4.79 Å². The number of aliphatic hydroxyl groups is 2. The predicted octanol–water partition coefficient (Wildman–Crippen LogP) is 2.86. The van der Waals surface area contributed by atoms with E-state index in [-0.39, 0.29) is 24.0 Å². The number of rotatable bonds is 7. The Bertz CT molecular complexity index is 766. The first-order valence-corrected chi connectivity index (χ1v) is 8.37. The minimum Gasteiger partial charge on any atom is -0.445 e. The summed E-state index contributed by atoms with van der Waals surface area (Å²) in [5, 5.41) is 22.8. The van der Waals surface area contributed by atoms with Gasteiger partial charge in [0.15, 0.2) is 5.78 Å². The van der Waals surface area contributed by atoms with Gasteiger partial charge in [-0.15, -0.1) is 0 Å². The number of alkyl carbamates (subject to hydrolysis) is 1. The van der Waals surface area contributed by atoms with Gasteiger partial charge >= 0.3 is 6.09 Å². The van der Waals surface area contributed by atoms with Crippen LogP contribution in [0.5, 0.6) is 0 Å². The van der Waals surface area contributed by atoms with Crippen LogP contribution in [0.2, 0.25) is 5.02 Å². The lowest BCUT2D eigenvalue weighted by molar-refractivity contribution is 0.0184. The molecule has 7 heteroatoms. The number of hydrogen-bond donors (Lipinski definition) is 3. The van der Waals surface area contributed by atoms with Crippen LogP contribution in [0.3, 0.4) is 0 Å². The zero-order valence-electron chi connectivity index (χ0n) is 14.2. The topological polar surface area (TPSA) is 95.9 Å². The highest BCUT2D eigenvalue weighted by atomic mass is 35.5. The SMILES string of the molecule is CC(=O)c1ccc(C(O)C(O)CNC(=O)OCc2ccccc2)cc1Cl. The molecule has 0 aliphatic carbocycles. The highest BCUT2D eigenvalue weighted by molar-refractivity contribution is 6.33. The van der Waals surface area contributed by atoms with Gasteiger partial charge in [0, 0.05) is 12.1 Å². The molecule has 2 atom stereocenters. The van der Waals surface area contributed by atoms with Gasteiger partial charge in [0.05, 0.1) is 5.02 Å². The van der Waals surface area contributed by atoms with E-state index in [9.17, 15) is 19.8 Å². The molecule has 0 bridgehead atoms. The van der Waals surface area contributed by atoms with Crippen molar-refractivity contribution in [1.82, 2.24) is 5.32 Å². The molecule has 26 heavy (non-hydrogen) atoms. The molecule has 0 spiro atoms. The number of nitrogens with one attached hydrogen (secondary N) is 1. The zero-order valence-corrected chi connectivity index (χ0v) is 14.9. The van der Waals surface area contributed by atoms with Crippen LogP contribution in [0.25, 0.3) is 0 Å². The summed E-state index contributed by atoms with van der Waals surface area (Å²) >= 11 is 6.00. The van der Waals surface area contributed by atoms with Crippen molar-refractivity contribution in [2.45, 2.75) is 25.7 Å². The third-order valence-corrected chi connectivity index (χ3v) is 4.06. The second-order valence-corrected chi connectivity index (χ2v) is 6.16. The molecular formula is C19H20ClNO5. The summed E-state index contributed by atoms with van der Waals surface area (Å²) in [6, 6.07) is 13.6. The highest BCUT2D eigenvalue weighted by Crippen LogP contribution is 2.24. The first-order valence-electron chi connectivity index (χ1n) is 7.99. The Morgan fingerprint density at radius 2 is 1.85 bits per heavy atom. The standard InChI is InChI=1S/C19H20ClNO5/c1-12(22)15-8-7-14(9-16(15)20)18(24)17(23)10-21-19(25)26-11-13-5-3-2-4-6-13/h2-9,17-18,23-24H,10-11H2,1H3,(H,21,25). The molecule has 6 nitrogen and oxygen atoms in total. The number of hydrogen-bond acceptors (Lipinski definition) is 5. The molecule has 0 saturated carbocycles. The maximum absolute atomic E-state index is 11.7. The van der Waals surface area contributed by atoms with Gasteiger partial charge in [0.2, 0.25) is 0 Å². The predicted molar refractivity (Wildman–Crippen MR) is 97.1 cm³/mol. The number of aliphatic hydroxyl groups excluding tert-OH is 2. The Kier molecular flexibility index (Phi) is 7.15. The fourth-order valence-corrected chi connectivity index (χ4v) is 2.62. The van der Waals surface area contributed by atoms with Gasteiger partial charge in [0.1, 0.15) is 18.8 Å². The summed E-state index contributed by atoms with van der Waals surface area (Å²) < 4.78 is 5.02. The van der Waals surface area contributed by atoms with Crippen LogP contribution in [0, 0.1) is 0 Å². The lowest BCUT2D eigenvalue weighted by atomic mass is 10.0. The van der Waals surface area contributed by atoms with Crippen molar-refractivity contribution >= 4 is 23.5 Å². The number of halogens is 1. The molecule has 3 N–H and O–H groups in total. The minimum atomic E-state index is -1.28. The van der Waals surface area contributed by atoms with Crippen LogP contribution in [0.4, 0.5) is 4.79 Å². The maximum atomic E-state index is 11.7. The lowest BCUT2D eigenvalue weighted by Gasteiger charge is -2.19. The summed E-state index contributed by atoms with van der Waals surface area (Å²) in [7, 11) is 0. The molecule has 0 fully saturated rings. The first-order chi connectivity index (χ1) is 12.4. The summed E-state index contributed by atoms with van der Waals surface area (Å²) in [6.45, 7) is 1.28. The summed E-state index contributed by atoms with van der Waals surface area (Å²) in [5.74, 6) is -0.195. The van der Waals surface area contributed by atoms with Gasteiger partial charge in [-0.2, -0.15) is 0 Å². The van der Waals surface area contributed by atoms with Crippen LogP contribution in [0.15, 0.2) is 48.5 Å². The third kappa shape index (κ3) is 5.56. The molecular weight excluding hydrogens is 358 g/mol. The monoisotopic (exact) mass is 377 g/mol. The van der Waals surface area contributed by atoms with Crippen LogP contribution >= 0.6 is 11.6 Å². The molecule has 0 aliphatic heterocycles. The molecule has 0 aliphatic rings. The van der Waals surface area contributed by atoms with Crippen molar-refractivity contribution in [3.05, 3.63) is 70.2 Å². The number of Topliss-reactive ketones (excluding diaryl/α,β-unsaturated/α-hetero) is 1. The zero-order chi connectivity index (χ0) is 19.1. The van der Waals surface area contributed by atoms with Gasteiger partial charge in [-0.1, -0.05) is 48.0 Å². The quantitative estimate of drug-likeness (QED) is 0.645. The molecule has 0 radical (unpaired) electrons. The largest absolute Gasteiger partial charge is 0.445 e. The minimum absolute atomic E-state index is 0.105. The van der Waals surface area contributed by atoms with Gasteiger partial charge in [-0.05, 0) is 30.2 Å². The average molecular weight is 378 g/mol. The average Bonchev–Trinajstić information content (AvgIpc) is 2.64. The van der Waals surface area contributed by atoms with Crippen LogP contribution in [0.1, 0.15) is 34.5 Å². The normalized spacial score (nSPS) is 12.9. The van der Waals surface area contributed by atoms with Crippen molar-refractivity contribution in [3.8, 4) is 0 Å². The Labute approximate surface area is 156 Å². The van der Waals surface area contributed by atoms with Crippen molar-refractivity contribution in [2.75, 3.05) is 6.54 Å². The maximum Gasteiger partial charge on any atom is 0.407 e. The molecule has 1 amide bonds. The fourth-order valence-electron chi connectivity index (χ4n) is 2.30.